The van der Waals surface area contributed by atoms with E-state index in [0.29, 0.717) is 18.4 Å². The minimum Gasteiger partial charge on any atom is -0.467 e. The Hall–Kier alpha value is -1.88. The van der Waals surface area contributed by atoms with E-state index in [1.54, 1.807) is 24.3 Å². The number of hydrogen-bond donors (Lipinski definition) is 2. The Bertz CT molecular complexity index is 455. The number of methoxy groups -OCH3 is 1. The molecule has 5 nitrogen and oxygen atoms in total. The molecule has 0 heterocycles. The maximum atomic E-state index is 12.3. The van der Waals surface area contributed by atoms with Gasteiger partial charge in [0.25, 0.3) is 0 Å². The topological polar surface area (TPSA) is 81.4 Å². The van der Waals surface area contributed by atoms with E-state index in [4.69, 9.17) is 10.5 Å². The lowest BCUT2D eigenvalue weighted by molar-refractivity contribution is -0.146. The quantitative estimate of drug-likeness (QED) is 0.773. The fraction of sp³-hybridized carbons (Fsp3) is 0.467. The van der Waals surface area contributed by atoms with E-state index in [9.17, 15) is 9.59 Å². The molecule has 1 amide bonds. The molecule has 0 saturated carbocycles. The standard InChI is InChI=1S/C15H22N2O3/c1-4-15(16,5-2)14(19)17-12(13(18)20-3)11-9-7-6-8-10-11/h6-10,12H,4-5,16H2,1-3H3,(H,17,19). The molecule has 0 aliphatic heterocycles. The highest BCUT2D eigenvalue weighted by molar-refractivity contribution is 5.90. The molecule has 0 aromatic heterocycles. The zero-order chi connectivity index (χ0) is 15.2. The molecule has 5 heteroatoms. The molecule has 0 spiro atoms. The van der Waals surface area contributed by atoms with Gasteiger partial charge in [-0.1, -0.05) is 44.2 Å². The van der Waals surface area contributed by atoms with Crippen LogP contribution in [-0.4, -0.2) is 24.5 Å². The van der Waals surface area contributed by atoms with Gasteiger partial charge in [-0.2, -0.15) is 0 Å². The van der Waals surface area contributed by atoms with Gasteiger partial charge in [-0.3, -0.25) is 4.79 Å². The van der Waals surface area contributed by atoms with Gasteiger partial charge in [0.15, 0.2) is 6.04 Å². The maximum Gasteiger partial charge on any atom is 0.333 e. The molecule has 0 aliphatic carbocycles. The average Bonchev–Trinajstić information content (AvgIpc) is 2.51. The van der Waals surface area contributed by atoms with E-state index in [-0.39, 0.29) is 5.91 Å². The van der Waals surface area contributed by atoms with Gasteiger partial charge < -0.3 is 15.8 Å². The van der Waals surface area contributed by atoms with Crippen LogP contribution in [0.25, 0.3) is 0 Å². The lowest BCUT2D eigenvalue weighted by Crippen LogP contribution is -2.54. The second-order valence-electron chi connectivity index (χ2n) is 4.70. The highest BCUT2D eigenvalue weighted by Gasteiger charge is 2.34. The Kier molecular flexibility index (Phi) is 5.70. The summed E-state index contributed by atoms with van der Waals surface area (Å²) in [6.45, 7) is 3.69. The number of nitrogens with two attached hydrogens (primary N) is 1. The number of ether oxygens (including phenoxy) is 1. The number of rotatable bonds is 6. The third kappa shape index (κ3) is 3.57. The summed E-state index contributed by atoms with van der Waals surface area (Å²) >= 11 is 0. The first-order valence-corrected chi connectivity index (χ1v) is 6.71. The Morgan fingerprint density at radius 2 is 1.80 bits per heavy atom. The predicted octanol–water partition coefficient (Wildman–Crippen LogP) is 1.53. The molecule has 110 valence electrons. The van der Waals surface area contributed by atoms with E-state index in [2.05, 4.69) is 5.32 Å². The van der Waals surface area contributed by atoms with Gasteiger partial charge in [0.05, 0.1) is 12.6 Å². The van der Waals surface area contributed by atoms with Crippen LogP contribution in [0, 0.1) is 0 Å². The van der Waals surface area contributed by atoms with Crippen molar-refractivity contribution < 1.29 is 14.3 Å². The van der Waals surface area contributed by atoms with E-state index in [1.165, 1.54) is 7.11 Å². The first-order chi connectivity index (χ1) is 9.48. The van der Waals surface area contributed by atoms with Crippen LogP contribution in [0.1, 0.15) is 38.3 Å². The van der Waals surface area contributed by atoms with Gasteiger partial charge in [-0.25, -0.2) is 4.79 Å². The number of carbonyl (C=O) groups is 2. The van der Waals surface area contributed by atoms with E-state index >= 15 is 0 Å². The molecule has 1 rings (SSSR count). The second-order valence-corrected chi connectivity index (χ2v) is 4.70. The largest absolute Gasteiger partial charge is 0.467 e. The van der Waals surface area contributed by atoms with E-state index in [1.807, 2.05) is 19.9 Å². The van der Waals surface area contributed by atoms with Crippen molar-refractivity contribution in [1.29, 1.82) is 0 Å². The summed E-state index contributed by atoms with van der Waals surface area (Å²) in [4.78, 5) is 24.2. The van der Waals surface area contributed by atoms with Gasteiger partial charge in [-0.15, -0.1) is 0 Å². The van der Waals surface area contributed by atoms with Crippen LogP contribution in [0.5, 0.6) is 0 Å². The summed E-state index contributed by atoms with van der Waals surface area (Å²) in [5.41, 5.74) is 5.74. The van der Waals surface area contributed by atoms with Gasteiger partial charge in [-0.05, 0) is 18.4 Å². The number of carbonyl (C=O) groups excluding carboxylic acids is 2. The number of benzene rings is 1. The van der Waals surface area contributed by atoms with E-state index in [0.717, 1.165) is 0 Å². The molecular formula is C15H22N2O3. The van der Waals surface area contributed by atoms with Crippen LogP contribution in [0.4, 0.5) is 0 Å². The maximum absolute atomic E-state index is 12.3. The smallest absolute Gasteiger partial charge is 0.333 e. The van der Waals surface area contributed by atoms with Crippen molar-refractivity contribution in [2.24, 2.45) is 5.73 Å². The van der Waals surface area contributed by atoms with Crippen LogP contribution in [0.15, 0.2) is 30.3 Å². The first-order valence-electron chi connectivity index (χ1n) is 6.71. The summed E-state index contributed by atoms with van der Waals surface area (Å²) in [6, 6.07) is 8.12. The van der Waals surface area contributed by atoms with Crippen LogP contribution < -0.4 is 11.1 Å². The minimum absolute atomic E-state index is 0.346. The molecule has 1 aromatic carbocycles. The summed E-state index contributed by atoms with van der Waals surface area (Å²) in [5.74, 6) is -0.860. The van der Waals surface area contributed by atoms with Crippen molar-refractivity contribution >= 4 is 11.9 Å². The molecule has 1 unspecified atom stereocenters. The summed E-state index contributed by atoms with van der Waals surface area (Å²) in [7, 11) is 1.29. The summed E-state index contributed by atoms with van der Waals surface area (Å²) in [5, 5.41) is 2.69. The van der Waals surface area contributed by atoms with Gasteiger partial charge in [0, 0.05) is 0 Å². The molecule has 0 aliphatic rings. The van der Waals surface area contributed by atoms with E-state index < -0.39 is 17.6 Å². The number of hydrogen-bond acceptors (Lipinski definition) is 4. The number of esters is 1. The minimum atomic E-state index is -0.971. The fourth-order valence-electron chi connectivity index (χ4n) is 1.89. The zero-order valence-electron chi connectivity index (χ0n) is 12.2. The Morgan fingerprint density at radius 1 is 1.25 bits per heavy atom. The highest BCUT2D eigenvalue weighted by atomic mass is 16.5. The number of nitrogens with one attached hydrogen (secondary N) is 1. The van der Waals surface area contributed by atoms with Crippen LogP contribution in [-0.2, 0) is 14.3 Å². The monoisotopic (exact) mass is 278 g/mol. The Morgan fingerprint density at radius 3 is 2.25 bits per heavy atom. The fourth-order valence-corrected chi connectivity index (χ4v) is 1.89. The highest BCUT2D eigenvalue weighted by Crippen LogP contribution is 2.18. The van der Waals surface area contributed by atoms with Crippen molar-refractivity contribution in [3.63, 3.8) is 0 Å². The van der Waals surface area contributed by atoms with Gasteiger partial charge in [0.2, 0.25) is 5.91 Å². The molecule has 3 N–H and O–H groups in total. The zero-order valence-corrected chi connectivity index (χ0v) is 12.2. The average molecular weight is 278 g/mol. The third-order valence-corrected chi connectivity index (χ3v) is 3.56. The molecule has 1 atom stereocenters. The molecule has 0 bridgehead atoms. The van der Waals surface area contributed by atoms with Gasteiger partial charge >= 0.3 is 5.97 Å². The molecule has 0 radical (unpaired) electrons. The summed E-state index contributed by atoms with van der Waals surface area (Å²) < 4.78 is 4.75. The normalized spacial score (nSPS) is 12.6. The summed E-state index contributed by atoms with van der Waals surface area (Å²) in [6.07, 6.45) is 0.996. The molecule has 1 aromatic rings. The third-order valence-electron chi connectivity index (χ3n) is 3.56. The predicted molar refractivity (Wildman–Crippen MR) is 76.8 cm³/mol. The molecule has 0 saturated heterocycles. The van der Waals surface area contributed by atoms with Crippen molar-refractivity contribution in [3.05, 3.63) is 35.9 Å². The van der Waals surface area contributed by atoms with Crippen molar-refractivity contribution in [2.45, 2.75) is 38.3 Å². The molecule has 0 fully saturated rings. The lowest BCUT2D eigenvalue weighted by Gasteiger charge is -2.27. The lowest BCUT2D eigenvalue weighted by atomic mass is 9.92. The van der Waals surface area contributed by atoms with Crippen molar-refractivity contribution in [1.82, 2.24) is 5.32 Å². The Balaban J connectivity index is 2.98. The molecule has 20 heavy (non-hydrogen) atoms. The SMILES string of the molecule is CCC(N)(CC)C(=O)NC(C(=O)OC)c1ccccc1. The second kappa shape index (κ2) is 7.05. The van der Waals surface area contributed by atoms with Crippen molar-refractivity contribution in [3.8, 4) is 0 Å². The van der Waals surface area contributed by atoms with Crippen LogP contribution in [0.2, 0.25) is 0 Å². The van der Waals surface area contributed by atoms with Gasteiger partial charge in [0.1, 0.15) is 0 Å². The van der Waals surface area contributed by atoms with Crippen LogP contribution in [0.3, 0.4) is 0 Å². The van der Waals surface area contributed by atoms with Crippen LogP contribution >= 0.6 is 0 Å². The van der Waals surface area contributed by atoms with Crippen molar-refractivity contribution in [2.75, 3.05) is 7.11 Å². The number of amides is 1. The Labute approximate surface area is 119 Å². The molecular weight excluding hydrogens is 256 g/mol. The first kappa shape index (κ1) is 16.2.